The van der Waals surface area contributed by atoms with Gasteiger partial charge in [-0.25, -0.2) is 9.37 Å². The van der Waals surface area contributed by atoms with Crippen LogP contribution in [-0.2, 0) is 13.1 Å². The molecule has 0 bridgehead atoms. The monoisotopic (exact) mass is 484 g/mol. The van der Waals surface area contributed by atoms with Crippen LogP contribution in [0, 0.1) is 11.9 Å². The lowest BCUT2D eigenvalue weighted by Gasteiger charge is -2.13. The second-order valence-corrected chi connectivity index (χ2v) is 8.05. The van der Waals surface area contributed by atoms with Crippen LogP contribution in [0.25, 0.3) is 22.2 Å². The van der Waals surface area contributed by atoms with Crippen LogP contribution >= 0.6 is 27.5 Å². The van der Waals surface area contributed by atoms with Crippen molar-refractivity contribution in [3.63, 3.8) is 0 Å². The molecule has 1 N–H and O–H groups in total. The summed E-state index contributed by atoms with van der Waals surface area (Å²) in [6, 6.07) is 1.46. The number of fused-ring (bicyclic) bond motifs is 2. The number of nitrogens with one attached hydrogen (secondary N) is 1. The van der Waals surface area contributed by atoms with Crippen molar-refractivity contribution in [1.29, 1.82) is 0 Å². The highest BCUT2D eigenvalue weighted by Gasteiger charge is 2.29. The van der Waals surface area contributed by atoms with Gasteiger partial charge in [-0.15, -0.1) is 0 Å². The smallest absolute Gasteiger partial charge is 0.309 e. The molecule has 152 valence electrons. The van der Waals surface area contributed by atoms with E-state index in [1.165, 1.54) is 11.0 Å². The minimum atomic E-state index is -1.11. The highest BCUT2D eigenvalue weighted by molar-refractivity contribution is 9.10. The van der Waals surface area contributed by atoms with E-state index in [0.29, 0.717) is 24.3 Å². The average molecular weight is 486 g/mol. The molecule has 3 heterocycles. The molecule has 1 aliphatic rings. The molecule has 0 aliphatic carbocycles. The Bertz CT molecular complexity index is 1150. The number of nitrogens with zero attached hydrogens (tertiary/aromatic N) is 5. The third-order valence-electron chi connectivity index (χ3n) is 4.72. The fourth-order valence-corrected chi connectivity index (χ4v) is 3.86. The first-order valence-corrected chi connectivity index (χ1v) is 9.99. The second-order valence-electron chi connectivity index (χ2n) is 6.85. The minimum absolute atomic E-state index is 0.0178. The predicted octanol–water partition coefficient (Wildman–Crippen LogP) is 3.38. The zero-order chi connectivity index (χ0) is 20.9. The number of halogens is 4. The molecular weight excluding hydrogens is 470 g/mol. The van der Waals surface area contributed by atoms with E-state index in [1.54, 1.807) is 18.8 Å². The summed E-state index contributed by atoms with van der Waals surface area (Å²) >= 11 is 9.19. The van der Waals surface area contributed by atoms with Gasteiger partial charge in [0.15, 0.2) is 11.5 Å². The van der Waals surface area contributed by atoms with Crippen LogP contribution in [0.5, 0.6) is 0 Å². The lowest BCUT2D eigenvalue weighted by molar-refractivity contribution is 0.0821. The van der Waals surface area contributed by atoms with Gasteiger partial charge in [0.25, 0.3) is 5.91 Å². The zero-order valence-corrected chi connectivity index (χ0v) is 17.9. The van der Waals surface area contributed by atoms with Crippen molar-refractivity contribution >= 4 is 44.3 Å². The first-order valence-electron chi connectivity index (χ1n) is 8.82. The Morgan fingerprint density at radius 2 is 2.10 bits per heavy atom. The summed E-state index contributed by atoms with van der Waals surface area (Å²) in [5.74, 6) is -1.16. The lowest BCUT2D eigenvalue weighted by Crippen LogP contribution is -2.23. The van der Waals surface area contributed by atoms with E-state index in [4.69, 9.17) is 11.6 Å². The van der Waals surface area contributed by atoms with E-state index in [2.05, 4.69) is 36.3 Å². The van der Waals surface area contributed by atoms with Gasteiger partial charge in [0.1, 0.15) is 5.52 Å². The SMILES string of the molecule is CN(C)C(=O)c1nn2c(c1-c1nc(F)nc3c(F)c(Br)c(Cl)cc13)CNCCC2. The standard InChI is InChI=1S/C18H16BrClF2N6O/c1-27(2)17(29)16-11(10-7-23-4-3-5-28(10)26-16)14-8-6-9(20)12(19)13(21)15(8)25-18(22)24-14/h6,23H,3-5,7H2,1-2H3. The van der Waals surface area contributed by atoms with E-state index in [1.807, 2.05) is 0 Å². The summed E-state index contributed by atoms with van der Waals surface area (Å²) in [6.45, 7) is 1.76. The Hall–Kier alpha value is -2.17. The van der Waals surface area contributed by atoms with E-state index in [0.717, 1.165) is 13.0 Å². The third kappa shape index (κ3) is 3.38. The number of carbonyl (C=O) groups is 1. The van der Waals surface area contributed by atoms with Crippen molar-refractivity contribution in [2.45, 2.75) is 19.5 Å². The largest absolute Gasteiger partial charge is 0.343 e. The van der Waals surface area contributed by atoms with Crippen molar-refractivity contribution in [3.05, 3.63) is 38.8 Å². The average Bonchev–Trinajstić information content (AvgIpc) is 2.87. The van der Waals surface area contributed by atoms with Crippen LogP contribution in [0.15, 0.2) is 10.5 Å². The Morgan fingerprint density at radius 3 is 2.83 bits per heavy atom. The van der Waals surface area contributed by atoms with Gasteiger partial charge in [-0.3, -0.25) is 9.48 Å². The molecule has 1 aliphatic heterocycles. The predicted molar refractivity (Wildman–Crippen MR) is 108 cm³/mol. The van der Waals surface area contributed by atoms with Gasteiger partial charge in [0.05, 0.1) is 26.4 Å². The maximum absolute atomic E-state index is 14.8. The first kappa shape index (κ1) is 20.1. The lowest BCUT2D eigenvalue weighted by atomic mass is 10.0. The summed E-state index contributed by atoms with van der Waals surface area (Å²) in [7, 11) is 3.20. The van der Waals surface area contributed by atoms with Crippen molar-refractivity contribution in [3.8, 4) is 11.3 Å². The minimum Gasteiger partial charge on any atom is -0.343 e. The molecule has 29 heavy (non-hydrogen) atoms. The normalized spacial score (nSPS) is 14.0. The molecule has 0 saturated heterocycles. The Morgan fingerprint density at radius 1 is 1.34 bits per heavy atom. The number of benzene rings is 1. The van der Waals surface area contributed by atoms with Gasteiger partial charge in [-0.1, -0.05) is 11.6 Å². The van der Waals surface area contributed by atoms with E-state index >= 15 is 0 Å². The van der Waals surface area contributed by atoms with Crippen LogP contribution in [0.2, 0.25) is 5.02 Å². The molecule has 0 fully saturated rings. The van der Waals surface area contributed by atoms with Gasteiger partial charge in [0.2, 0.25) is 0 Å². The molecule has 3 aromatic rings. The molecule has 0 radical (unpaired) electrons. The van der Waals surface area contributed by atoms with Gasteiger partial charge in [0, 0.05) is 32.6 Å². The molecule has 0 unspecified atom stereocenters. The van der Waals surface area contributed by atoms with Gasteiger partial charge in [-0.05, 0) is 35.0 Å². The van der Waals surface area contributed by atoms with Crippen molar-refractivity contribution < 1.29 is 13.6 Å². The molecule has 7 nitrogen and oxygen atoms in total. The van der Waals surface area contributed by atoms with Crippen LogP contribution in [-0.4, -0.2) is 51.2 Å². The van der Waals surface area contributed by atoms with Crippen molar-refractivity contribution in [1.82, 2.24) is 30.0 Å². The Balaban J connectivity index is 2.10. The number of aromatic nitrogens is 4. The number of amides is 1. The van der Waals surface area contributed by atoms with Crippen LogP contribution in [0.3, 0.4) is 0 Å². The quantitative estimate of drug-likeness (QED) is 0.445. The highest BCUT2D eigenvalue weighted by Crippen LogP contribution is 2.38. The summed E-state index contributed by atoms with van der Waals surface area (Å²) < 4.78 is 30.8. The number of hydrogen-bond donors (Lipinski definition) is 1. The molecular formula is C18H16BrClF2N6O. The van der Waals surface area contributed by atoms with Crippen LogP contribution in [0.4, 0.5) is 8.78 Å². The van der Waals surface area contributed by atoms with E-state index in [-0.39, 0.29) is 37.7 Å². The molecule has 0 saturated carbocycles. The Kier molecular flexibility index (Phi) is 5.26. The molecule has 1 aromatic carbocycles. The number of aryl methyl sites for hydroxylation is 1. The first-order chi connectivity index (χ1) is 13.8. The maximum atomic E-state index is 14.8. The number of hydrogen-bond acceptors (Lipinski definition) is 5. The van der Waals surface area contributed by atoms with Crippen molar-refractivity contribution in [2.75, 3.05) is 20.6 Å². The summed E-state index contributed by atoms with van der Waals surface area (Å²) in [4.78, 5) is 21.7. The fraction of sp³-hybridized carbons (Fsp3) is 0.333. The van der Waals surface area contributed by atoms with E-state index in [9.17, 15) is 13.6 Å². The topological polar surface area (TPSA) is 75.9 Å². The molecule has 0 spiro atoms. The third-order valence-corrected chi connectivity index (χ3v) is 6.02. The zero-order valence-electron chi connectivity index (χ0n) is 15.6. The molecule has 11 heteroatoms. The van der Waals surface area contributed by atoms with Gasteiger partial charge < -0.3 is 10.2 Å². The highest BCUT2D eigenvalue weighted by atomic mass is 79.9. The summed E-state index contributed by atoms with van der Waals surface area (Å²) in [5, 5.41) is 8.02. The summed E-state index contributed by atoms with van der Waals surface area (Å²) in [5.41, 5.74) is 0.991. The molecule has 1 amide bonds. The second kappa shape index (κ2) is 7.58. The van der Waals surface area contributed by atoms with Crippen LogP contribution in [0.1, 0.15) is 22.6 Å². The van der Waals surface area contributed by atoms with Gasteiger partial charge >= 0.3 is 6.08 Å². The Labute approximate surface area is 178 Å². The van der Waals surface area contributed by atoms with Gasteiger partial charge in [-0.2, -0.15) is 14.5 Å². The maximum Gasteiger partial charge on any atom is 0.309 e. The number of rotatable bonds is 2. The van der Waals surface area contributed by atoms with E-state index < -0.39 is 11.9 Å². The van der Waals surface area contributed by atoms with Crippen molar-refractivity contribution in [2.24, 2.45) is 0 Å². The fourth-order valence-electron chi connectivity index (χ4n) is 3.37. The summed E-state index contributed by atoms with van der Waals surface area (Å²) in [6.07, 6.45) is -0.291. The molecule has 4 rings (SSSR count). The molecule has 0 atom stereocenters. The number of carbonyl (C=O) groups excluding carboxylic acids is 1. The van der Waals surface area contributed by atoms with Crippen LogP contribution < -0.4 is 5.32 Å². The molecule has 2 aromatic heterocycles.